The normalized spacial score (nSPS) is 24.8. The van der Waals surface area contributed by atoms with Gasteiger partial charge in [0.15, 0.2) is 0 Å². The quantitative estimate of drug-likeness (QED) is 0.826. The van der Waals surface area contributed by atoms with E-state index in [2.05, 4.69) is 5.32 Å². The molecule has 1 saturated heterocycles. The second kappa shape index (κ2) is 9.36. The van der Waals surface area contributed by atoms with Gasteiger partial charge in [0, 0.05) is 19.5 Å². The van der Waals surface area contributed by atoms with Crippen molar-refractivity contribution < 1.29 is 14.3 Å². The molecule has 156 valence electrons. The average Bonchev–Trinajstić information content (AvgIpc) is 2.73. The van der Waals surface area contributed by atoms with E-state index in [-0.39, 0.29) is 11.8 Å². The maximum absolute atomic E-state index is 12.6. The van der Waals surface area contributed by atoms with E-state index in [1.54, 1.807) is 0 Å². The molecule has 28 heavy (non-hydrogen) atoms. The molecule has 3 aliphatic rings. The lowest BCUT2D eigenvalue weighted by Gasteiger charge is -2.40. The van der Waals surface area contributed by atoms with Gasteiger partial charge < -0.3 is 15.3 Å². The summed E-state index contributed by atoms with van der Waals surface area (Å²) < 4.78 is 12.5. The monoisotopic (exact) mass is 390 g/mol. The van der Waals surface area contributed by atoms with Crippen molar-refractivity contribution in [2.75, 3.05) is 20.1 Å². The molecule has 0 radical (unpaired) electrons. The lowest BCUT2D eigenvalue weighted by atomic mass is 9.80. The highest BCUT2D eigenvalue weighted by Gasteiger charge is 2.41. The Balaban J connectivity index is 0.000000206. The minimum atomic E-state index is -0.814. The fourth-order valence-corrected chi connectivity index (χ4v) is 4.67. The van der Waals surface area contributed by atoms with E-state index in [1.165, 1.54) is 24.8 Å². The summed E-state index contributed by atoms with van der Waals surface area (Å²) in [6, 6.07) is 8.04. The van der Waals surface area contributed by atoms with Crippen LogP contribution in [0.25, 0.3) is 0 Å². The first-order valence-electron chi connectivity index (χ1n) is 10.8. The van der Waals surface area contributed by atoms with Crippen molar-refractivity contribution in [2.24, 2.45) is 5.92 Å². The standard InChI is InChI=1S/C15H28N2O2.C8H7F/c1-12(15(19)8-10-16-11-9-15)14(18)17(2)13-6-4-3-5-7-13;9-8-5-6-3-1-2-4-7(6)8/h12-13,16,19H,3-11H2,1-2H3;1-4,8H,5H2. The van der Waals surface area contributed by atoms with Gasteiger partial charge in [-0.25, -0.2) is 4.39 Å². The number of carbonyl (C=O) groups is 1. The Hall–Kier alpha value is -1.46. The molecule has 2 unspecified atom stereocenters. The topological polar surface area (TPSA) is 52.6 Å². The summed E-state index contributed by atoms with van der Waals surface area (Å²) >= 11 is 0. The lowest BCUT2D eigenvalue weighted by molar-refractivity contribution is -0.147. The van der Waals surface area contributed by atoms with Gasteiger partial charge in [-0.3, -0.25) is 4.79 Å². The minimum Gasteiger partial charge on any atom is -0.389 e. The number of piperidine rings is 1. The Morgan fingerprint density at radius 2 is 1.86 bits per heavy atom. The second-order valence-electron chi connectivity index (χ2n) is 8.69. The highest BCUT2D eigenvalue weighted by atomic mass is 19.1. The molecule has 2 aliphatic carbocycles. The van der Waals surface area contributed by atoms with Crippen molar-refractivity contribution in [1.82, 2.24) is 10.2 Å². The van der Waals surface area contributed by atoms with Gasteiger partial charge in [0.25, 0.3) is 0 Å². The molecule has 2 N–H and O–H groups in total. The number of halogens is 1. The van der Waals surface area contributed by atoms with E-state index in [9.17, 15) is 14.3 Å². The number of amides is 1. The zero-order valence-corrected chi connectivity index (χ0v) is 17.3. The summed E-state index contributed by atoms with van der Waals surface area (Å²) in [6.45, 7) is 3.51. The molecule has 2 fully saturated rings. The zero-order valence-electron chi connectivity index (χ0n) is 17.3. The van der Waals surface area contributed by atoms with Crippen molar-refractivity contribution >= 4 is 5.91 Å². The van der Waals surface area contributed by atoms with E-state index < -0.39 is 11.8 Å². The molecule has 1 aromatic rings. The van der Waals surface area contributed by atoms with Crippen LogP contribution in [0.3, 0.4) is 0 Å². The number of fused-ring (bicyclic) bond motifs is 1. The smallest absolute Gasteiger partial charge is 0.228 e. The van der Waals surface area contributed by atoms with Gasteiger partial charge in [0.1, 0.15) is 6.17 Å². The predicted octanol–water partition coefficient (Wildman–Crippen LogP) is 3.78. The SMILES string of the molecule is CC(C(=O)N(C)C1CCCCC1)C1(O)CCNCC1.FC1Cc2ccccc21. The van der Waals surface area contributed by atoms with Crippen LogP contribution < -0.4 is 5.32 Å². The van der Waals surface area contributed by atoms with E-state index in [4.69, 9.17) is 0 Å². The fourth-order valence-electron chi connectivity index (χ4n) is 4.67. The van der Waals surface area contributed by atoms with Gasteiger partial charge in [0.2, 0.25) is 5.91 Å². The van der Waals surface area contributed by atoms with Crippen molar-refractivity contribution in [3.63, 3.8) is 0 Å². The van der Waals surface area contributed by atoms with Crippen LogP contribution in [0.4, 0.5) is 4.39 Å². The number of hydrogen-bond donors (Lipinski definition) is 2. The van der Waals surface area contributed by atoms with Gasteiger partial charge in [-0.15, -0.1) is 0 Å². The summed E-state index contributed by atoms with van der Waals surface area (Å²) in [4.78, 5) is 14.5. The van der Waals surface area contributed by atoms with Crippen LogP contribution >= 0.6 is 0 Å². The molecular weight excluding hydrogens is 355 g/mol. The second-order valence-corrected chi connectivity index (χ2v) is 8.69. The van der Waals surface area contributed by atoms with Crippen molar-refractivity contribution in [1.29, 1.82) is 0 Å². The number of aliphatic hydroxyl groups is 1. The Kier molecular flexibility index (Phi) is 7.10. The first-order chi connectivity index (χ1) is 13.4. The molecule has 4 nitrogen and oxygen atoms in total. The number of benzene rings is 1. The Morgan fingerprint density at radius 3 is 2.43 bits per heavy atom. The molecule has 5 heteroatoms. The fraction of sp³-hybridized carbons (Fsp3) is 0.696. The molecule has 1 aromatic carbocycles. The van der Waals surface area contributed by atoms with Crippen LogP contribution in [0.1, 0.15) is 69.2 Å². The molecule has 2 atom stereocenters. The maximum atomic E-state index is 12.6. The predicted molar refractivity (Wildman–Crippen MR) is 110 cm³/mol. The largest absolute Gasteiger partial charge is 0.389 e. The van der Waals surface area contributed by atoms with Gasteiger partial charge >= 0.3 is 0 Å². The lowest BCUT2D eigenvalue weighted by Crippen LogP contribution is -2.53. The van der Waals surface area contributed by atoms with E-state index in [0.29, 0.717) is 25.3 Å². The zero-order chi connectivity index (χ0) is 20.1. The Morgan fingerprint density at radius 1 is 1.21 bits per heavy atom. The van der Waals surface area contributed by atoms with E-state index >= 15 is 0 Å². The number of alkyl halides is 1. The summed E-state index contributed by atoms with van der Waals surface area (Å²) in [6.07, 6.45) is 7.29. The van der Waals surface area contributed by atoms with Crippen LogP contribution in [0.15, 0.2) is 24.3 Å². The summed E-state index contributed by atoms with van der Waals surface area (Å²) in [7, 11) is 1.92. The van der Waals surface area contributed by atoms with Crippen LogP contribution in [-0.4, -0.2) is 47.7 Å². The van der Waals surface area contributed by atoms with Gasteiger partial charge in [-0.05, 0) is 49.9 Å². The van der Waals surface area contributed by atoms with Crippen LogP contribution in [-0.2, 0) is 11.2 Å². The molecule has 0 bridgehead atoms. The van der Waals surface area contributed by atoms with Gasteiger partial charge in [-0.2, -0.15) is 0 Å². The molecule has 4 rings (SSSR count). The number of rotatable bonds is 3. The molecule has 0 spiro atoms. The van der Waals surface area contributed by atoms with Crippen LogP contribution in [0.5, 0.6) is 0 Å². The molecular formula is C23H35FN2O2. The maximum Gasteiger partial charge on any atom is 0.228 e. The minimum absolute atomic E-state index is 0.122. The van der Waals surface area contributed by atoms with Crippen molar-refractivity contribution in [2.45, 2.75) is 76.1 Å². The third-order valence-electron chi connectivity index (χ3n) is 6.91. The van der Waals surface area contributed by atoms with Gasteiger partial charge in [-0.1, -0.05) is 50.5 Å². The molecule has 1 saturated carbocycles. The third-order valence-corrected chi connectivity index (χ3v) is 6.91. The average molecular weight is 391 g/mol. The first-order valence-corrected chi connectivity index (χ1v) is 10.8. The number of carbonyl (C=O) groups excluding carboxylic acids is 1. The Bertz CT molecular complexity index is 654. The first kappa shape index (κ1) is 21.3. The third kappa shape index (κ3) is 4.74. The highest BCUT2D eigenvalue weighted by Crippen LogP contribution is 2.35. The van der Waals surface area contributed by atoms with Crippen molar-refractivity contribution in [3.05, 3.63) is 35.4 Å². The van der Waals surface area contributed by atoms with Crippen LogP contribution in [0.2, 0.25) is 0 Å². The number of nitrogens with one attached hydrogen (secondary N) is 1. The Labute approximate surface area is 168 Å². The molecule has 1 heterocycles. The van der Waals surface area contributed by atoms with Crippen molar-refractivity contribution in [3.8, 4) is 0 Å². The number of nitrogens with zero attached hydrogens (tertiary/aromatic N) is 1. The molecule has 0 aromatic heterocycles. The summed E-state index contributed by atoms with van der Waals surface area (Å²) in [5, 5.41) is 13.9. The van der Waals surface area contributed by atoms with E-state index in [1.807, 2.05) is 43.1 Å². The summed E-state index contributed by atoms with van der Waals surface area (Å²) in [5.74, 6) is -0.169. The molecule has 1 amide bonds. The van der Waals surface area contributed by atoms with Gasteiger partial charge in [0.05, 0.1) is 11.5 Å². The summed E-state index contributed by atoms with van der Waals surface area (Å²) in [5.41, 5.74) is 1.24. The van der Waals surface area contributed by atoms with E-state index in [0.717, 1.165) is 31.5 Å². The molecule has 1 aliphatic heterocycles. The highest BCUT2D eigenvalue weighted by molar-refractivity contribution is 5.79. The van der Waals surface area contributed by atoms with Crippen LogP contribution in [0, 0.1) is 5.92 Å². The number of hydrogen-bond acceptors (Lipinski definition) is 3.